The molecule has 0 aromatic rings. The highest BCUT2D eigenvalue weighted by Crippen LogP contribution is 2.19. The molecule has 2 unspecified atom stereocenters. The molecule has 0 radical (unpaired) electrons. The van der Waals surface area contributed by atoms with Crippen LogP contribution in [-0.2, 0) is 4.79 Å². The van der Waals surface area contributed by atoms with E-state index in [9.17, 15) is 9.59 Å². The van der Waals surface area contributed by atoms with E-state index in [1.165, 1.54) is 0 Å². The van der Waals surface area contributed by atoms with E-state index in [0.29, 0.717) is 0 Å². The second kappa shape index (κ2) is 3.49. The number of hydrogen-bond acceptors (Lipinski definition) is 2. The van der Waals surface area contributed by atoms with E-state index in [-0.39, 0.29) is 11.8 Å². The van der Waals surface area contributed by atoms with Crippen LogP contribution in [0.4, 0.5) is 4.79 Å². The summed E-state index contributed by atoms with van der Waals surface area (Å²) in [6, 6.07) is -1.11. The third kappa shape index (κ3) is 1.81. The van der Waals surface area contributed by atoms with E-state index in [0.717, 1.165) is 0 Å². The number of halogens is 2. The Morgan fingerprint density at radius 2 is 2.00 bits per heavy atom. The molecule has 0 aromatic heterocycles. The lowest BCUT2D eigenvalue weighted by molar-refractivity contribution is -0.121. The molecule has 3 amide bonds. The monoisotopic (exact) mass is 210 g/mol. The van der Waals surface area contributed by atoms with E-state index >= 15 is 0 Å². The van der Waals surface area contributed by atoms with Crippen molar-refractivity contribution in [2.24, 2.45) is 5.92 Å². The van der Waals surface area contributed by atoms with Crippen LogP contribution in [-0.4, -0.2) is 22.8 Å². The lowest BCUT2D eigenvalue weighted by Crippen LogP contribution is -2.38. The number of nitrogens with one attached hydrogen (secondary N) is 2. The summed E-state index contributed by atoms with van der Waals surface area (Å²) in [6.07, 6.45) is 0. The fraction of sp³-hybridized carbons (Fsp3) is 0.667. The molecule has 2 atom stereocenters. The van der Waals surface area contributed by atoms with Crippen molar-refractivity contribution in [3.63, 3.8) is 0 Å². The molecule has 68 valence electrons. The second-order valence-electron chi connectivity index (χ2n) is 2.63. The number of carbonyl (C=O) groups excluding carboxylic acids is 2. The first-order valence-corrected chi connectivity index (χ1v) is 4.29. The molecule has 1 aliphatic heterocycles. The number of rotatable bonds is 2. The van der Waals surface area contributed by atoms with Gasteiger partial charge in [0.25, 0.3) is 5.91 Å². The number of urea groups is 1. The highest BCUT2D eigenvalue weighted by molar-refractivity contribution is 6.44. The van der Waals surface area contributed by atoms with Crippen molar-refractivity contribution in [2.75, 3.05) is 0 Å². The second-order valence-corrected chi connectivity index (χ2v) is 3.80. The summed E-state index contributed by atoms with van der Waals surface area (Å²) in [5.41, 5.74) is 0. The highest BCUT2D eigenvalue weighted by Gasteiger charge is 2.36. The van der Waals surface area contributed by atoms with Crippen LogP contribution in [0.3, 0.4) is 0 Å². The van der Waals surface area contributed by atoms with Crippen molar-refractivity contribution in [3.8, 4) is 0 Å². The van der Waals surface area contributed by atoms with Gasteiger partial charge in [0, 0.05) is 5.92 Å². The van der Waals surface area contributed by atoms with Crippen LogP contribution < -0.4 is 10.6 Å². The zero-order valence-electron chi connectivity index (χ0n) is 6.30. The fourth-order valence-corrected chi connectivity index (χ4v) is 1.24. The third-order valence-corrected chi connectivity index (χ3v) is 2.52. The maximum atomic E-state index is 11.0. The van der Waals surface area contributed by atoms with Gasteiger partial charge in [-0.3, -0.25) is 10.1 Å². The quantitative estimate of drug-likeness (QED) is 0.520. The Hall–Kier alpha value is -0.480. The van der Waals surface area contributed by atoms with Gasteiger partial charge in [0.2, 0.25) is 0 Å². The van der Waals surface area contributed by atoms with Crippen LogP contribution in [0.25, 0.3) is 0 Å². The van der Waals surface area contributed by atoms with Crippen LogP contribution in [0.1, 0.15) is 6.92 Å². The molecule has 0 aliphatic carbocycles. The zero-order chi connectivity index (χ0) is 9.30. The minimum Gasteiger partial charge on any atom is -0.326 e. The standard InChI is InChI=1S/C6H8Cl2N2O2/c1-2(4(7)8)3-5(11)10-6(12)9-3/h2-4H,1H3,(H2,9,10,11,12). The summed E-state index contributed by atoms with van der Waals surface area (Å²) < 4.78 is 0. The Balaban J connectivity index is 2.64. The summed E-state index contributed by atoms with van der Waals surface area (Å²) >= 11 is 11.1. The Morgan fingerprint density at radius 1 is 1.42 bits per heavy atom. The molecular formula is C6H8Cl2N2O2. The van der Waals surface area contributed by atoms with Gasteiger partial charge in [-0.25, -0.2) is 4.79 Å². The molecule has 1 fully saturated rings. The summed E-state index contributed by atoms with van der Waals surface area (Å²) in [5, 5.41) is 4.51. The minimum absolute atomic E-state index is 0.292. The molecule has 12 heavy (non-hydrogen) atoms. The van der Waals surface area contributed by atoms with Crippen LogP contribution in [0.5, 0.6) is 0 Å². The first kappa shape index (κ1) is 9.61. The lowest BCUT2D eigenvalue weighted by Gasteiger charge is -2.16. The Morgan fingerprint density at radius 3 is 2.33 bits per heavy atom. The molecule has 0 saturated carbocycles. The van der Waals surface area contributed by atoms with Crippen LogP contribution >= 0.6 is 23.2 Å². The van der Waals surface area contributed by atoms with Gasteiger partial charge < -0.3 is 5.32 Å². The molecule has 1 heterocycles. The van der Waals surface area contributed by atoms with Crippen LogP contribution in [0.15, 0.2) is 0 Å². The summed E-state index contributed by atoms with van der Waals surface area (Å²) in [6.45, 7) is 1.69. The van der Waals surface area contributed by atoms with Gasteiger partial charge in [-0.15, -0.1) is 23.2 Å². The van der Waals surface area contributed by atoms with E-state index in [1.807, 2.05) is 0 Å². The SMILES string of the molecule is CC(C(Cl)Cl)C1NC(=O)NC1=O. The van der Waals surface area contributed by atoms with Crippen molar-refractivity contribution in [1.29, 1.82) is 0 Å². The molecule has 6 heteroatoms. The zero-order valence-corrected chi connectivity index (χ0v) is 7.82. The average molecular weight is 211 g/mol. The molecule has 1 rings (SSSR count). The first-order valence-electron chi connectivity index (χ1n) is 3.42. The predicted octanol–water partition coefficient (Wildman–Crippen LogP) is 0.634. The van der Waals surface area contributed by atoms with Crippen molar-refractivity contribution in [2.45, 2.75) is 17.8 Å². The van der Waals surface area contributed by atoms with Gasteiger partial charge in [0.1, 0.15) is 10.9 Å². The molecule has 0 bridgehead atoms. The highest BCUT2D eigenvalue weighted by atomic mass is 35.5. The Kier molecular flexibility index (Phi) is 2.80. The van der Waals surface area contributed by atoms with Crippen molar-refractivity contribution in [1.82, 2.24) is 10.6 Å². The molecule has 2 N–H and O–H groups in total. The van der Waals surface area contributed by atoms with Gasteiger partial charge in [0.05, 0.1) is 0 Å². The van der Waals surface area contributed by atoms with Crippen molar-refractivity contribution >= 4 is 35.1 Å². The smallest absolute Gasteiger partial charge is 0.322 e. The largest absolute Gasteiger partial charge is 0.326 e. The molecular weight excluding hydrogens is 203 g/mol. The van der Waals surface area contributed by atoms with Gasteiger partial charge in [-0.2, -0.15) is 0 Å². The van der Waals surface area contributed by atoms with Crippen molar-refractivity contribution in [3.05, 3.63) is 0 Å². The third-order valence-electron chi connectivity index (χ3n) is 1.73. The molecule has 1 saturated heterocycles. The molecule has 4 nitrogen and oxygen atoms in total. The molecule has 0 spiro atoms. The van der Waals surface area contributed by atoms with E-state index in [4.69, 9.17) is 23.2 Å². The minimum atomic E-state index is -0.667. The first-order chi connectivity index (χ1) is 5.52. The normalized spacial score (nSPS) is 25.5. The molecule has 0 aromatic carbocycles. The molecule has 1 aliphatic rings. The lowest BCUT2D eigenvalue weighted by atomic mass is 10.1. The number of amides is 3. The van der Waals surface area contributed by atoms with Gasteiger partial charge >= 0.3 is 6.03 Å². The van der Waals surface area contributed by atoms with Crippen LogP contribution in [0, 0.1) is 5.92 Å². The summed E-state index contributed by atoms with van der Waals surface area (Å²) in [4.78, 5) is 21.0. The van der Waals surface area contributed by atoms with E-state index in [2.05, 4.69) is 10.6 Å². The number of alkyl halides is 2. The summed E-state index contributed by atoms with van der Waals surface area (Å²) in [7, 11) is 0. The summed E-state index contributed by atoms with van der Waals surface area (Å²) in [5.74, 6) is -0.668. The Bertz CT molecular complexity index is 220. The Labute approximate surface area is 79.6 Å². The van der Waals surface area contributed by atoms with Gasteiger partial charge in [-0.1, -0.05) is 6.92 Å². The van der Waals surface area contributed by atoms with Crippen molar-refractivity contribution < 1.29 is 9.59 Å². The number of hydrogen-bond donors (Lipinski definition) is 2. The van der Waals surface area contributed by atoms with E-state index < -0.39 is 16.9 Å². The van der Waals surface area contributed by atoms with Gasteiger partial charge in [0.15, 0.2) is 0 Å². The fourth-order valence-electron chi connectivity index (χ4n) is 0.948. The number of imide groups is 1. The number of carbonyl (C=O) groups is 2. The topological polar surface area (TPSA) is 58.2 Å². The predicted molar refractivity (Wildman–Crippen MR) is 45.1 cm³/mol. The maximum Gasteiger partial charge on any atom is 0.322 e. The maximum absolute atomic E-state index is 11.0. The average Bonchev–Trinajstić information content (AvgIpc) is 2.28. The van der Waals surface area contributed by atoms with E-state index in [1.54, 1.807) is 6.92 Å². The van der Waals surface area contributed by atoms with Gasteiger partial charge in [-0.05, 0) is 0 Å². The van der Waals surface area contributed by atoms with Crippen LogP contribution in [0.2, 0.25) is 0 Å².